The molecule has 0 saturated carbocycles. The fourth-order valence-corrected chi connectivity index (χ4v) is 2.44. The lowest BCUT2D eigenvalue weighted by Gasteiger charge is -2.18. The van der Waals surface area contributed by atoms with Crippen molar-refractivity contribution >= 4 is 5.78 Å². The number of Topliss-reactive ketones (excluding diaryl/α,β-unsaturated/α-hetero) is 1. The molecule has 1 unspecified atom stereocenters. The molecule has 2 rings (SSSR count). The lowest BCUT2D eigenvalue weighted by atomic mass is 10.00. The molecule has 2 aromatic carbocycles. The van der Waals surface area contributed by atoms with E-state index in [4.69, 9.17) is 14.2 Å². The first-order valence-corrected chi connectivity index (χ1v) is 8.28. The molecule has 0 aliphatic rings. The van der Waals surface area contributed by atoms with E-state index in [2.05, 4.69) is 5.32 Å². The molecule has 0 heterocycles. The number of methoxy groups -OCH3 is 2. The minimum Gasteiger partial charge on any atom is -0.364 e. The van der Waals surface area contributed by atoms with E-state index >= 15 is 0 Å². The van der Waals surface area contributed by atoms with Gasteiger partial charge >= 0.3 is 0 Å². The second-order valence-electron chi connectivity index (χ2n) is 5.50. The number of carbonyl (C=O) groups excluding carboxylic acids is 1. The molecule has 5 heteroatoms. The quantitative estimate of drug-likeness (QED) is 0.386. The minimum atomic E-state index is -0.619. The van der Waals surface area contributed by atoms with Gasteiger partial charge in [0.15, 0.2) is 12.1 Å². The van der Waals surface area contributed by atoms with Gasteiger partial charge in [-0.1, -0.05) is 60.7 Å². The Morgan fingerprint density at radius 1 is 0.960 bits per heavy atom. The number of benzene rings is 2. The van der Waals surface area contributed by atoms with Crippen molar-refractivity contribution in [3.8, 4) is 0 Å². The first-order chi connectivity index (χ1) is 12.3. The van der Waals surface area contributed by atoms with E-state index in [0.29, 0.717) is 25.3 Å². The normalized spacial score (nSPS) is 12.3. The van der Waals surface area contributed by atoms with Crippen molar-refractivity contribution in [3.63, 3.8) is 0 Å². The Kier molecular flexibility index (Phi) is 8.28. The van der Waals surface area contributed by atoms with Gasteiger partial charge in [-0.25, -0.2) is 0 Å². The lowest BCUT2D eigenvalue weighted by Crippen LogP contribution is -2.32. The van der Waals surface area contributed by atoms with Crippen LogP contribution in [0.1, 0.15) is 22.0 Å². The Labute approximate surface area is 148 Å². The van der Waals surface area contributed by atoms with E-state index in [-0.39, 0.29) is 12.1 Å². The maximum Gasteiger partial charge on any atom is 0.196 e. The van der Waals surface area contributed by atoms with E-state index in [1.165, 1.54) is 0 Å². The summed E-state index contributed by atoms with van der Waals surface area (Å²) in [7, 11) is 3.19. The van der Waals surface area contributed by atoms with Gasteiger partial charge in [-0.3, -0.25) is 4.79 Å². The smallest absolute Gasteiger partial charge is 0.196 e. The maximum atomic E-state index is 12.8. The van der Waals surface area contributed by atoms with Gasteiger partial charge < -0.3 is 19.5 Å². The number of hydrogen-bond donors (Lipinski definition) is 1. The van der Waals surface area contributed by atoms with Gasteiger partial charge in [0.25, 0.3) is 0 Å². The predicted octanol–water partition coefficient (Wildman–Crippen LogP) is 2.84. The summed E-state index contributed by atoms with van der Waals surface area (Å²) in [4.78, 5) is 12.8. The highest BCUT2D eigenvalue weighted by molar-refractivity contribution is 6.00. The zero-order valence-corrected chi connectivity index (χ0v) is 14.7. The number of nitrogens with one attached hydrogen (secondary N) is 1. The Morgan fingerprint density at radius 3 is 2.16 bits per heavy atom. The first-order valence-electron chi connectivity index (χ1n) is 8.28. The van der Waals surface area contributed by atoms with Crippen LogP contribution in [0.5, 0.6) is 0 Å². The zero-order chi connectivity index (χ0) is 17.9. The number of carbonyl (C=O) groups is 1. The van der Waals surface area contributed by atoms with Crippen LogP contribution in [0.2, 0.25) is 0 Å². The molecule has 0 saturated heterocycles. The molecular weight excluding hydrogens is 318 g/mol. The number of ketones is 1. The summed E-state index contributed by atoms with van der Waals surface area (Å²) < 4.78 is 16.1. The van der Waals surface area contributed by atoms with E-state index in [9.17, 15) is 4.79 Å². The summed E-state index contributed by atoms with van der Waals surface area (Å²) in [6.45, 7) is 1.55. The molecule has 0 aliphatic heterocycles. The van der Waals surface area contributed by atoms with Crippen LogP contribution in [0.15, 0.2) is 60.7 Å². The predicted molar refractivity (Wildman–Crippen MR) is 96.6 cm³/mol. The highest BCUT2D eigenvalue weighted by atomic mass is 16.7. The number of ether oxygens (including phenoxy) is 3. The van der Waals surface area contributed by atoms with Crippen molar-refractivity contribution < 1.29 is 19.0 Å². The largest absolute Gasteiger partial charge is 0.364 e. The van der Waals surface area contributed by atoms with Crippen molar-refractivity contribution in [1.82, 2.24) is 5.32 Å². The van der Waals surface area contributed by atoms with E-state index in [1.54, 1.807) is 14.2 Å². The summed E-state index contributed by atoms with van der Waals surface area (Å²) in [5, 5.41) is 3.19. The summed E-state index contributed by atoms with van der Waals surface area (Å²) in [5.74, 6) is -0.0431. The van der Waals surface area contributed by atoms with E-state index in [1.807, 2.05) is 60.7 Å². The van der Waals surface area contributed by atoms with Crippen molar-refractivity contribution in [2.45, 2.75) is 12.4 Å². The van der Waals surface area contributed by atoms with Gasteiger partial charge in [-0.15, -0.1) is 0 Å². The molecule has 25 heavy (non-hydrogen) atoms. The molecule has 0 fully saturated rings. The maximum absolute atomic E-state index is 12.8. The van der Waals surface area contributed by atoms with Crippen LogP contribution in [-0.4, -0.2) is 46.0 Å². The van der Waals surface area contributed by atoms with Crippen molar-refractivity contribution in [1.29, 1.82) is 0 Å². The summed E-state index contributed by atoms with van der Waals surface area (Å²) in [6.07, 6.45) is -0.915. The third kappa shape index (κ3) is 6.07. The number of hydrogen-bond acceptors (Lipinski definition) is 5. The first kappa shape index (κ1) is 19.3. The molecule has 1 N–H and O–H groups in total. The zero-order valence-electron chi connectivity index (χ0n) is 14.7. The van der Waals surface area contributed by atoms with Crippen molar-refractivity contribution in [2.75, 3.05) is 33.9 Å². The molecule has 0 aliphatic carbocycles. The van der Waals surface area contributed by atoms with Crippen LogP contribution < -0.4 is 5.32 Å². The second kappa shape index (κ2) is 10.7. The van der Waals surface area contributed by atoms with E-state index < -0.39 is 6.10 Å². The highest BCUT2D eigenvalue weighted by Gasteiger charge is 2.22. The molecule has 0 spiro atoms. The monoisotopic (exact) mass is 343 g/mol. The Bertz CT molecular complexity index is 614. The molecule has 1 atom stereocenters. The van der Waals surface area contributed by atoms with Crippen LogP contribution >= 0.6 is 0 Å². The van der Waals surface area contributed by atoms with Crippen LogP contribution in [-0.2, 0) is 14.2 Å². The average molecular weight is 343 g/mol. The SMILES string of the molecule is COC(CNCCOC(C(=O)c1ccccc1)c1ccccc1)OC. The van der Waals surface area contributed by atoms with Crippen LogP contribution in [0.4, 0.5) is 0 Å². The van der Waals surface area contributed by atoms with Gasteiger partial charge in [0.05, 0.1) is 6.61 Å². The standard InChI is InChI=1S/C20H25NO4/c1-23-18(24-2)15-21-13-14-25-20(17-11-7-4-8-12-17)19(22)16-9-5-3-6-10-16/h3-12,18,20-21H,13-15H2,1-2H3. The van der Waals surface area contributed by atoms with Crippen molar-refractivity contribution in [2.24, 2.45) is 0 Å². The molecule has 5 nitrogen and oxygen atoms in total. The fourth-order valence-electron chi connectivity index (χ4n) is 2.44. The minimum absolute atomic E-state index is 0.0431. The van der Waals surface area contributed by atoms with Gasteiger partial charge in [0.2, 0.25) is 0 Å². The Balaban J connectivity index is 1.95. The Morgan fingerprint density at radius 2 is 1.56 bits per heavy atom. The van der Waals surface area contributed by atoms with E-state index in [0.717, 1.165) is 5.56 Å². The third-order valence-electron chi connectivity index (χ3n) is 3.80. The topological polar surface area (TPSA) is 56.8 Å². The lowest BCUT2D eigenvalue weighted by molar-refractivity contribution is -0.0992. The van der Waals surface area contributed by atoms with Gasteiger partial charge in [-0.05, 0) is 5.56 Å². The van der Waals surface area contributed by atoms with Crippen LogP contribution in [0.25, 0.3) is 0 Å². The van der Waals surface area contributed by atoms with Gasteiger partial charge in [0, 0.05) is 32.9 Å². The highest BCUT2D eigenvalue weighted by Crippen LogP contribution is 2.22. The fraction of sp³-hybridized carbons (Fsp3) is 0.350. The second-order valence-corrected chi connectivity index (χ2v) is 5.50. The molecule has 0 amide bonds. The van der Waals surface area contributed by atoms with Gasteiger partial charge in [-0.2, -0.15) is 0 Å². The molecule has 2 aromatic rings. The molecule has 0 bridgehead atoms. The van der Waals surface area contributed by atoms with Gasteiger partial charge in [0.1, 0.15) is 6.10 Å². The third-order valence-corrected chi connectivity index (χ3v) is 3.80. The molecule has 0 aromatic heterocycles. The summed E-state index contributed by atoms with van der Waals surface area (Å²) in [5.41, 5.74) is 1.49. The summed E-state index contributed by atoms with van der Waals surface area (Å²) in [6, 6.07) is 18.8. The van der Waals surface area contributed by atoms with Crippen LogP contribution in [0, 0.1) is 0 Å². The average Bonchev–Trinajstić information content (AvgIpc) is 2.68. The Hall–Kier alpha value is -2.05. The molecule has 134 valence electrons. The van der Waals surface area contributed by atoms with Crippen molar-refractivity contribution in [3.05, 3.63) is 71.8 Å². The number of rotatable bonds is 11. The molecule has 0 radical (unpaired) electrons. The molecular formula is C20H25NO4. The summed E-state index contributed by atoms with van der Waals surface area (Å²) >= 11 is 0. The van der Waals surface area contributed by atoms with Crippen LogP contribution in [0.3, 0.4) is 0 Å².